The van der Waals surface area contributed by atoms with Crippen molar-refractivity contribution in [2.75, 3.05) is 13.1 Å². The molecule has 0 unspecified atom stereocenters. The smallest absolute Gasteiger partial charge is 0.393 e. The van der Waals surface area contributed by atoms with E-state index in [-0.39, 0.29) is 6.54 Å². The molecule has 100 valence electrons. The minimum Gasteiger partial charge on any atom is -0.393 e. The highest BCUT2D eigenvalue weighted by Gasteiger charge is 2.39. The van der Waals surface area contributed by atoms with Gasteiger partial charge in [-0.1, -0.05) is 12.2 Å². The average molecular weight is 279 g/mol. The molecule has 5 nitrogen and oxygen atoms in total. The van der Waals surface area contributed by atoms with Crippen molar-refractivity contribution in [2.24, 2.45) is 5.73 Å². The Morgan fingerprint density at radius 1 is 1.33 bits per heavy atom. The summed E-state index contributed by atoms with van der Waals surface area (Å²) in [6.45, 7) is 1.71. The molecule has 0 saturated heterocycles. The molecule has 9 heteroatoms. The zero-order valence-electron chi connectivity index (χ0n) is 9.44. The van der Waals surface area contributed by atoms with Crippen LogP contribution in [0.1, 0.15) is 18.1 Å². The van der Waals surface area contributed by atoms with E-state index in [1.807, 2.05) is 4.90 Å². The van der Waals surface area contributed by atoms with Crippen LogP contribution in [0.4, 0.5) is 13.2 Å². The van der Waals surface area contributed by atoms with Crippen LogP contribution in [0.3, 0.4) is 0 Å². The lowest BCUT2D eigenvalue weighted by Gasteiger charge is -2.27. The normalized spacial score (nSPS) is 16.6. The van der Waals surface area contributed by atoms with Gasteiger partial charge in [0.2, 0.25) is 5.82 Å². The molecule has 1 aromatic heterocycles. The maximum atomic E-state index is 12.6. The second kappa shape index (κ2) is 4.81. The van der Waals surface area contributed by atoms with Gasteiger partial charge in [-0.15, -0.1) is 10.2 Å². The summed E-state index contributed by atoms with van der Waals surface area (Å²) in [5.74, 6) is -0.594. The minimum absolute atomic E-state index is 0.231. The molecule has 2 rings (SSSR count). The van der Waals surface area contributed by atoms with Gasteiger partial charge in [-0.2, -0.15) is 13.2 Å². The molecular weight excluding hydrogens is 267 g/mol. The van der Waals surface area contributed by atoms with E-state index in [4.69, 9.17) is 18.0 Å². The summed E-state index contributed by atoms with van der Waals surface area (Å²) < 4.78 is 38.9. The summed E-state index contributed by atoms with van der Waals surface area (Å²) in [7, 11) is 0. The first-order valence-corrected chi connectivity index (χ1v) is 5.78. The highest BCUT2D eigenvalue weighted by Crippen LogP contribution is 2.29. The summed E-state index contributed by atoms with van der Waals surface area (Å²) in [4.78, 5) is 2.36. The number of halogens is 3. The van der Waals surface area contributed by atoms with E-state index in [9.17, 15) is 13.2 Å². The fourth-order valence-electron chi connectivity index (χ4n) is 1.88. The van der Waals surface area contributed by atoms with Gasteiger partial charge in [-0.25, -0.2) is 0 Å². The maximum Gasteiger partial charge on any atom is 0.451 e. The van der Waals surface area contributed by atoms with Crippen LogP contribution < -0.4 is 5.73 Å². The molecule has 18 heavy (non-hydrogen) atoms. The van der Waals surface area contributed by atoms with E-state index in [0.29, 0.717) is 36.9 Å². The lowest BCUT2D eigenvalue weighted by Crippen LogP contribution is -2.36. The van der Waals surface area contributed by atoms with Gasteiger partial charge in [-0.3, -0.25) is 4.90 Å². The van der Waals surface area contributed by atoms with Gasteiger partial charge < -0.3 is 10.3 Å². The monoisotopic (exact) mass is 279 g/mol. The van der Waals surface area contributed by atoms with Crippen molar-refractivity contribution < 1.29 is 13.2 Å². The molecule has 0 spiro atoms. The summed E-state index contributed by atoms with van der Waals surface area (Å²) in [5.41, 5.74) is 5.39. The van der Waals surface area contributed by atoms with E-state index in [2.05, 4.69) is 10.2 Å². The van der Waals surface area contributed by atoms with E-state index < -0.39 is 12.0 Å². The number of aromatic nitrogens is 3. The Hall–Kier alpha value is -1.22. The minimum atomic E-state index is -4.45. The molecule has 2 N–H and O–H groups in total. The van der Waals surface area contributed by atoms with Crippen molar-refractivity contribution in [2.45, 2.75) is 25.7 Å². The number of rotatable bonds is 3. The summed E-state index contributed by atoms with van der Waals surface area (Å²) in [6, 6.07) is 0. The van der Waals surface area contributed by atoms with Crippen molar-refractivity contribution in [3.8, 4) is 0 Å². The van der Waals surface area contributed by atoms with Crippen molar-refractivity contribution in [3.05, 3.63) is 11.6 Å². The topological polar surface area (TPSA) is 60.0 Å². The largest absolute Gasteiger partial charge is 0.451 e. The molecule has 1 aliphatic heterocycles. The Bertz CT molecular complexity index is 456. The van der Waals surface area contributed by atoms with Gasteiger partial charge >= 0.3 is 6.18 Å². The number of nitrogens with zero attached hydrogens (tertiary/aromatic N) is 4. The van der Waals surface area contributed by atoms with Gasteiger partial charge in [0.15, 0.2) is 0 Å². The summed E-state index contributed by atoms with van der Waals surface area (Å²) in [5, 5.41) is 6.80. The molecule has 0 bridgehead atoms. The highest BCUT2D eigenvalue weighted by molar-refractivity contribution is 7.80. The van der Waals surface area contributed by atoms with E-state index in [1.54, 1.807) is 0 Å². The molecule has 2 heterocycles. The Labute approximate surface area is 107 Å². The van der Waals surface area contributed by atoms with Crippen LogP contribution in [0.2, 0.25) is 0 Å². The molecule has 0 fully saturated rings. The first-order chi connectivity index (χ1) is 8.38. The summed E-state index contributed by atoms with van der Waals surface area (Å²) in [6.07, 6.45) is -3.90. The van der Waals surface area contributed by atoms with Crippen LogP contribution >= 0.6 is 12.2 Å². The van der Waals surface area contributed by atoms with Gasteiger partial charge in [0.05, 0.1) is 11.5 Å². The second-order valence-corrected chi connectivity index (χ2v) is 4.61. The quantitative estimate of drug-likeness (QED) is 0.829. The third kappa shape index (κ3) is 2.78. The lowest BCUT2D eigenvalue weighted by atomic mass is 10.3. The molecule has 0 saturated carbocycles. The lowest BCUT2D eigenvalue weighted by molar-refractivity contribution is -0.148. The van der Waals surface area contributed by atoms with Crippen molar-refractivity contribution >= 4 is 17.2 Å². The first kappa shape index (κ1) is 13.2. The number of hydrogen-bond donors (Lipinski definition) is 1. The Balaban J connectivity index is 2.08. The molecule has 0 amide bonds. The fourth-order valence-corrected chi connectivity index (χ4v) is 1.97. The van der Waals surface area contributed by atoms with Crippen LogP contribution in [0, 0.1) is 0 Å². The van der Waals surface area contributed by atoms with Crippen LogP contribution in [-0.2, 0) is 19.3 Å². The molecule has 0 aromatic carbocycles. The predicted octanol–water partition coefficient (Wildman–Crippen LogP) is 0.789. The number of nitrogens with two attached hydrogens (primary N) is 1. The average Bonchev–Trinajstić information content (AvgIpc) is 2.68. The molecular formula is C9H12F3N5S. The molecule has 1 aliphatic rings. The van der Waals surface area contributed by atoms with Crippen LogP contribution in [0.15, 0.2) is 0 Å². The number of alkyl halides is 3. The van der Waals surface area contributed by atoms with E-state index >= 15 is 0 Å². The van der Waals surface area contributed by atoms with Crippen molar-refractivity contribution in [1.82, 2.24) is 19.7 Å². The zero-order chi connectivity index (χ0) is 13.3. The van der Waals surface area contributed by atoms with Crippen LogP contribution in [-0.4, -0.2) is 37.7 Å². The Morgan fingerprint density at radius 3 is 2.67 bits per heavy atom. The third-order valence-electron chi connectivity index (χ3n) is 2.76. The Morgan fingerprint density at radius 2 is 2.06 bits per heavy atom. The van der Waals surface area contributed by atoms with Gasteiger partial charge in [0.25, 0.3) is 0 Å². The molecule has 1 aromatic rings. The number of fused-ring (bicyclic) bond motifs is 1. The maximum absolute atomic E-state index is 12.6. The first-order valence-electron chi connectivity index (χ1n) is 5.38. The fraction of sp³-hybridized carbons (Fsp3) is 0.667. The molecule has 0 aliphatic carbocycles. The number of hydrogen-bond acceptors (Lipinski definition) is 4. The van der Waals surface area contributed by atoms with Gasteiger partial charge in [0, 0.05) is 26.1 Å². The second-order valence-electron chi connectivity index (χ2n) is 4.08. The highest BCUT2D eigenvalue weighted by atomic mass is 32.1. The predicted molar refractivity (Wildman–Crippen MR) is 61.7 cm³/mol. The number of thiocarbonyl (C=S) groups is 1. The van der Waals surface area contributed by atoms with E-state index in [1.165, 1.54) is 0 Å². The van der Waals surface area contributed by atoms with Crippen molar-refractivity contribution in [1.29, 1.82) is 0 Å². The van der Waals surface area contributed by atoms with E-state index in [0.717, 1.165) is 4.57 Å². The summed E-state index contributed by atoms with van der Waals surface area (Å²) >= 11 is 4.76. The molecule has 0 radical (unpaired) electrons. The van der Waals surface area contributed by atoms with Gasteiger partial charge in [0.1, 0.15) is 5.82 Å². The standard InChI is InChI=1S/C9H12F3N5S/c10-9(11,12)8-15-14-7-5-16(2-1-6(13)18)3-4-17(7)8/h1-5H2,(H2,13,18). The zero-order valence-corrected chi connectivity index (χ0v) is 10.3. The van der Waals surface area contributed by atoms with Crippen molar-refractivity contribution in [3.63, 3.8) is 0 Å². The third-order valence-corrected chi connectivity index (χ3v) is 2.96. The van der Waals surface area contributed by atoms with Crippen LogP contribution in [0.25, 0.3) is 0 Å². The van der Waals surface area contributed by atoms with Gasteiger partial charge in [-0.05, 0) is 0 Å². The molecule has 0 atom stereocenters. The van der Waals surface area contributed by atoms with Crippen LogP contribution in [0.5, 0.6) is 0 Å². The SMILES string of the molecule is NC(=S)CCN1CCn2c(nnc2C(F)(F)F)C1. The Kier molecular flexibility index (Phi) is 3.53.